The summed E-state index contributed by atoms with van der Waals surface area (Å²) >= 11 is 0. The van der Waals surface area contributed by atoms with Crippen LogP contribution >= 0.6 is 0 Å². The lowest BCUT2D eigenvalue weighted by molar-refractivity contribution is -0.114. The first-order valence-electron chi connectivity index (χ1n) is 8.04. The molecule has 0 aromatic carbocycles. The lowest BCUT2D eigenvalue weighted by Crippen LogP contribution is -2.44. The normalized spacial score (nSPS) is 30.8. The number of aromatic nitrogens is 3. The smallest absolute Gasteiger partial charge is 0.320 e. The van der Waals surface area contributed by atoms with Crippen LogP contribution in [0.2, 0.25) is 0 Å². The molecule has 1 saturated heterocycles. The minimum absolute atomic E-state index is 0.0346. The van der Waals surface area contributed by atoms with E-state index in [4.69, 9.17) is 9.47 Å². The third kappa shape index (κ3) is 2.32. The highest BCUT2D eigenvalue weighted by atomic mass is 16.6. The second-order valence-electron chi connectivity index (χ2n) is 6.49. The predicted molar refractivity (Wildman–Crippen MR) is 88.8 cm³/mol. The van der Waals surface area contributed by atoms with Gasteiger partial charge in [-0.05, 0) is 6.92 Å². The van der Waals surface area contributed by atoms with E-state index in [-0.39, 0.29) is 18.5 Å². The van der Waals surface area contributed by atoms with Crippen LogP contribution in [-0.2, 0) is 9.53 Å². The summed E-state index contributed by atoms with van der Waals surface area (Å²) in [5.41, 5.74) is -0.919. The van der Waals surface area contributed by atoms with Crippen LogP contribution in [0.1, 0.15) is 13.2 Å². The number of hydrogen-bond acceptors (Lipinski definition) is 9. The van der Waals surface area contributed by atoms with Gasteiger partial charge in [-0.3, -0.25) is 4.79 Å². The number of nitrogens with zero attached hydrogens (tertiary/aromatic N) is 3. The molecule has 0 saturated carbocycles. The van der Waals surface area contributed by atoms with Crippen molar-refractivity contribution in [1.29, 1.82) is 0 Å². The number of rotatable bonds is 3. The minimum atomic E-state index is -1.70. The maximum atomic E-state index is 11.9. The maximum Gasteiger partial charge on any atom is 0.320 e. The molecule has 4 atom stereocenters. The summed E-state index contributed by atoms with van der Waals surface area (Å²) in [4.78, 5) is 20.5. The fourth-order valence-electron chi connectivity index (χ4n) is 3.37. The number of amides is 1. The Morgan fingerprint density at radius 3 is 2.92 bits per heavy atom. The van der Waals surface area contributed by atoms with Gasteiger partial charge in [0.1, 0.15) is 23.6 Å². The first-order valence-corrected chi connectivity index (χ1v) is 8.04. The van der Waals surface area contributed by atoms with Gasteiger partial charge in [-0.15, -0.1) is 0 Å². The average molecular weight is 365 g/mol. The monoisotopic (exact) mass is 365 g/mol. The number of hydrogen-bond donors (Lipinski definition) is 5. The maximum absolute atomic E-state index is 11.9. The molecule has 2 aromatic heterocycles. The van der Waals surface area contributed by atoms with Gasteiger partial charge >= 0.3 is 6.01 Å². The first kappa shape index (κ1) is 17.0. The van der Waals surface area contributed by atoms with Gasteiger partial charge in [0, 0.05) is 6.20 Å². The van der Waals surface area contributed by atoms with Crippen LogP contribution in [-0.4, -0.2) is 73.8 Å². The molecule has 1 fully saturated rings. The molecule has 0 radical (unpaired) electrons. The van der Waals surface area contributed by atoms with Crippen molar-refractivity contribution in [3.8, 4) is 6.01 Å². The van der Waals surface area contributed by atoms with E-state index >= 15 is 0 Å². The van der Waals surface area contributed by atoms with Crippen LogP contribution in [0, 0.1) is 0 Å². The van der Waals surface area contributed by atoms with Crippen LogP contribution in [0.5, 0.6) is 6.01 Å². The SMILES string of the molecule is COc1nc2c3c(cn(C4O[C@H](CO)[C@@H](O)[C@]4(C)O)c3n1)NC(=O)CN2. The quantitative estimate of drug-likeness (QED) is 0.452. The molecule has 4 heterocycles. The Balaban J connectivity index is 1.93. The molecule has 2 aromatic rings. The van der Waals surface area contributed by atoms with Gasteiger partial charge in [0.2, 0.25) is 5.91 Å². The van der Waals surface area contributed by atoms with Crippen LogP contribution in [0.3, 0.4) is 0 Å². The van der Waals surface area contributed by atoms with Gasteiger partial charge in [0.05, 0.1) is 31.3 Å². The summed E-state index contributed by atoms with van der Waals surface area (Å²) in [6.45, 7) is 0.986. The molecular weight excluding hydrogens is 346 g/mol. The molecule has 2 aliphatic heterocycles. The van der Waals surface area contributed by atoms with E-state index in [0.29, 0.717) is 22.5 Å². The van der Waals surface area contributed by atoms with E-state index < -0.39 is 30.6 Å². The van der Waals surface area contributed by atoms with Gasteiger partial charge in [-0.1, -0.05) is 0 Å². The first-order chi connectivity index (χ1) is 12.4. The molecular formula is C15H19N5O6. The Morgan fingerprint density at radius 2 is 2.27 bits per heavy atom. The summed E-state index contributed by atoms with van der Waals surface area (Å²) < 4.78 is 12.3. The molecule has 26 heavy (non-hydrogen) atoms. The number of aliphatic hydroxyl groups is 3. The van der Waals surface area contributed by atoms with E-state index in [1.54, 1.807) is 6.20 Å². The number of ether oxygens (including phenoxy) is 2. The largest absolute Gasteiger partial charge is 0.467 e. The summed E-state index contributed by atoms with van der Waals surface area (Å²) in [6.07, 6.45) is -1.75. The zero-order chi connectivity index (χ0) is 18.6. The lowest BCUT2D eigenvalue weighted by atomic mass is 9.96. The number of nitrogens with one attached hydrogen (secondary N) is 2. The summed E-state index contributed by atoms with van der Waals surface area (Å²) in [5, 5.41) is 36.6. The van der Waals surface area contributed by atoms with Crippen molar-refractivity contribution in [2.75, 3.05) is 30.9 Å². The summed E-state index contributed by atoms with van der Waals surface area (Å²) in [6, 6.07) is 0.0668. The van der Waals surface area contributed by atoms with Crippen molar-refractivity contribution in [3.05, 3.63) is 6.20 Å². The summed E-state index contributed by atoms with van der Waals surface area (Å²) in [7, 11) is 1.41. The molecule has 1 amide bonds. The topological polar surface area (TPSA) is 151 Å². The molecule has 0 bridgehead atoms. The molecule has 4 rings (SSSR count). The number of methoxy groups -OCH3 is 1. The predicted octanol–water partition coefficient (Wildman–Crippen LogP) is -1.19. The molecule has 1 unspecified atom stereocenters. The van der Waals surface area contributed by atoms with Crippen LogP contribution in [0.4, 0.5) is 11.5 Å². The van der Waals surface area contributed by atoms with Crippen molar-refractivity contribution >= 4 is 28.4 Å². The molecule has 11 nitrogen and oxygen atoms in total. The Labute approximate surface area is 147 Å². The van der Waals surface area contributed by atoms with Crippen LogP contribution < -0.4 is 15.4 Å². The molecule has 11 heteroatoms. The Hall–Kier alpha value is -2.47. The number of aliphatic hydroxyl groups excluding tert-OH is 2. The van der Waals surface area contributed by atoms with Crippen molar-refractivity contribution < 1.29 is 29.6 Å². The Bertz CT molecular complexity index is 881. The fourth-order valence-corrected chi connectivity index (χ4v) is 3.37. The molecule has 0 spiro atoms. The van der Waals surface area contributed by atoms with E-state index in [2.05, 4.69) is 20.6 Å². The number of anilines is 2. The van der Waals surface area contributed by atoms with Crippen LogP contribution in [0.15, 0.2) is 6.20 Å². The van der Waals surface area contributed by atoms with Crippen molar-refractivity contribution in [2.24, 2.45) is 0 Å². The minimum Gasteiger partial charge on any atom is -0.467 e. The zero-order valence-corrected chi connectivity index (χ0v) is 14.1. The highest BCUT2D eigenvalue weighted by Gasteiger charge is 2.53. The van der Waals surface area contributed by atoms with E-state index in [9.17, 15) is 20.1 Å². The average Bonchev–Trinajstić information content (AvgIpc) is 3.01. The second kappa shape index (κ2) is 5.77. The van der Waals surface area contributed by atoms with Gasteiger partial charge in [-0.2, -0.15) is 9.97 Å². The van der Waals surface area contributed by atoms with Gasteiger partial charge in [0.15, 0.2) is 11.9 Å². The van der Waals surface area contributed by atoms with Gasteiger partial charge in [0.25, 0.3) is 0 Å². The fraction of sp³-hybridized carbons (Fsp3) is 0.533. The Morgan fingerprint density at radius 1 is 1.50 bits per heavy atom. The molecule has 0 aliphatic carbocycles. The van der Waals surface area contributed by atoms with Gasteiger partial charge < -0.3 is 40.0 Å². The Kier molecular flexibility index (Phi) is 3.77. The third-order valence-electron chi connectivity index (χ3n) is 4.71. The van der Waals surface area contributed by atoms with E-state index in [1.807, 2.05) is 0 Å². The lowest BCUT2D eigenvalue weighted by Gasteiger charge is -2.27. The standard InChI is InChI=1S/C15H19N5O6/c1-15(24)10(23)7(5-21)26-13(15)20-4-6-9-11(16-3-8(22)17-6)18-14(25-2)19-12(9)20/h4,7,10,13,21,23-24H,3,5H2,1-2H3,(H,17,22)(H,16,18,19)/t7-,10-,13?,15+/m1/s1. The van der Waals surface area contributed by atoms with Crippen molar-refractivity contribution in [3.63, 3.8) is 0 Å². The van der Waals surface area contributed by atoms with Crippen molar-refractivity contribution in [1.82, 2.24) is 14.5 Å². The molecule has 5 N–H and O–H groups in total. The van der Waals surface area contributed by atoms with Crippen molar-refractivity contribution in [2.45, 2.75) is 31.0 Å². The highest BCUT2D eigenvalue weighted by Crippen LogP contribution is 2.43. The van der Waals surface area contributed by atoms with E-state index in [0.717, 1.165) is 0 Å². The zero-order valence-electron chi connectivity index (χ0n) is 14.1. The molecule has 2 aliphatic rings. The van der Waals surface area contributed by atoms with E-state index in [1.165, 1.54) is 18.6 Å². The number of carbonyl (C=O) groups excluding carboxylic acids is 1. The third-order valence-corrected chi connectivity index (χ3v) is 4.71. The molecule has 140 valence electrons. The summed E-state index contributed by atoms with van der Waals surface area (Å²) in [5.74, 6) is 0.129. The number of carbonyl (C=O) groups is 1. The highest BCUT2D eigenvalue weighted by molar-refractivity contribution is 6.09. The van der Waals surface area contributed by atoms with Crippen LogP contribution in [0.25, 0.3) is 11.0 Å². The van der Waals surface area contributed by atoms with Gasteiger partial charge in [-0.25, -0.2) is 0 Å². The second-order valence-corrected chi connectivity index (χ2v) is 6.49.